The van der Waals surface area contributed by atoms with E-state index in [1.165, 1.54) is 112 Å². The van der Waals surface area contributed by atoms with Crippen LogP contribution < -0.4 is 0 Å². The fourth-order valence-electron chi connectivity index (χ4n) is 9.67. The molecule has 11 rings (SSSR count). The van der Waals surface area contributed by atoms with Gasteiger partial charge in [-0.3, -0.25) is 0 Å². The summed E-state index contributed by atoms with van der Waals surface area (Å²) >= 11 is 0. The lowest BCUT2D eigenvalue weighted by atomic mass is 9.63. The van der Waals surface area contributed by atoms with E-state index in [4.69, 9.17) is 0 Å². The van der Waals surface area contributed by atoms with Gasteiger partial charge in [0.2, 0.25) is 0 Å². The van der Waals surface area contributed by atoms with Crippen molar-refractivity contribution >= 4 is 65.2 Å². The van der Waals surface area contributed by atoms with Crippen LogP contribution in [0.15, 0.2) is 158 Å². The lowest BCUT2D eigenvalue weighted by molar-refractivity contribution is 0.332. The van der Waals surface area contributed by atoms with Crippen LogP contribution in [0.5, 0.6) is 0 Å². The summed E-state index contributed by atoms with van der Waals surface area (Å²) in [5.41, 5.74) is 13.0. The number of nitrogens with zero attached hydrogens (tertiary/aromatic N) is 2. The summed E-state index contributed by atoms with van der Waals surface area (Å²) in [6.07, 6.45) is 2.37. The van der Waals surface area contributed by atoms with Crippen molar-refractivity contribution < 1.29 is 0 Å². The smallest absolute Gasteiger partial charge is 0.0562 e. The maximum atomic E-state index is 2.57. The molecule has 0 amide bonds. The monoisotopic (exact) mass is 694 g/mol. The van der Waals surface area contributed by atoms with Gasteiger partial charge in [-0.2, -0.15) is 0 Å². The van der Waals surface area contributed by atoms with E-state index >= 15 is 0 Å². The Morgan fingerprint density at radius 1 is 0.370 bits per heavy atom. The lowest BCUT2D eigenvalue weighted by Crippen LogP contribution is -2.33. The zero-order valence-corrected chi connectivity index (χ0v) is 31.3. The molecule has 260 valence electrons. The topological polar surface area (TPSA) is 9.86 Å². The van der Waals surface area contributed by atoms with E-state index < -0.39 is 0 Å². The molecule has 8 aromatic carbocycles. The van der Waals surface area contributed by atoms with Crippen molar-refractivity contribution in [2.75, 3.05) is 0 Å². The van der Waals surface area contributed by atoms with Crippen LogP contribution in [0.2, 0.25) is 0 Å². The summed E-state index contributed by atoms with van der Waals surface area (Å²) in [5.74, 6) is 0. The zero-order valence-electron chi connectivity index (χ0n) is 31.3. The Labute approximate surface area is 315 Å². The second-order valence-corrected chi connectivity index (χ2v) is 16.9. The number of aromatic nitrogens is 2. The van der Waals surface area contributed by atoms with Crippen LogP contribution in [0.3, 0.4) is 0 Å². The molecule has 10 aromatic rings. The minimum absolute atomic E-state index is 0.0985. The first-order valence-electron chi connectivity index (χ1n) is 19.4. The summed E-state index contributed by atoms with van der Waals surface area (Å²) in [7, 11) is 0. The third-order valence-electron chi connectivity index (χ3n) is 12.7. The van der Waals surface area contributed by atoms with Crippen molar-refractivity contribution in [1.82, 2.24) is 9.13 Å². The highest BCUT2D eigenvalue weighted by Gasteiger charge is 2.38. The number of fused-ring (bicyclic) bond motifs is 10. The Kier molecular flexibility index (Phi) is 6.51. The third-order valence-corrected chi connectivity index (χ3v) is 12.7. The van der Waals surface area contributed by atoms with Gasteiger partial charge in [0.05, 0.1) is 22.1 Å². The summed E-state index contributed by atoms with van der Waals surface area (Å²) in [6.45, 7) is 9.76. The van der Waals surface area contributed by atoms with E-state index in [1.807, 2.05) is 0 Å². The number of hydrogen-bond donors (Lipinski definition) is 0. The van der Waals surface area contributed by atoms with Crippen molar-refractivity contribution in [2.24, 2.45) is 0 Å². The maximum absolute atomic E-state index is 2.57. The standard InChI is InChI=1S/C52H42N2/c1-51(2)25-26-52(3,4)45-31-47-42(30-44(45)51)41-29-43-49(53(38-16-9-6-10-17-38)46-24-22-34-15-11-12-18-40(34)50(43)46)32-48(41)54(47)39-23-21-36-27-35(19-20-37(36)28-39)33-13-7-5-8-14-33/h5-24,27-32H,25-26H2,1-4H3. The Morgan fingerprint density at radius 3 is 1.76 bits per heavy atom. The van der Waals surface area contributed by atoms with Crippen LogP contribution in [0.1, 0.15) is 51.7 Å². The van der Waals surface area contributed by atoms with Crippen molar-refractivity contribution in [3.05, 3.63) is 169 Å². The molecule has 54 heavy (non-hydrogen) atoms. The molecule has 0 fully saturated rings. The molecule has 0 bridgehead atoms. The van der Waals surface area contributed by atoms with Gasteiger partial charge in [-0.25, -0.2) is 0 Å². The van der Waals surface area contributed by atoms with E-state index in [9.17, 15) is 0 Å². The Bertz CT molecular complexity index is 3140. The van der Waals surface area contributed by atoms with E-state index in [0.717, 1.165) is 0 Å². The zero-order chi connectivity index (χ0) is 36.3. The molecule has 0 atom stereocenters. The predicted octanol–water partition coefficient (Wildman–Crippen LogP) is 14.2. The minimum Gasteiger partial charge on any atom is -0.309 e. The molecule has 2 heterocycles. The van der Waals surface area contributed by atoms with E-state index in [0.29, 0.717) is 0 Å². The Balaban J connectivity index is 1.27. The summed E-state index contributed by atoms with van der Waals surface area (Å²) < 4.78 is 5.03. The van der Waals surface area contributed by atoms with Gasteiger partial charge in [-0.15, -0.1) is 0 Å². The molecule has 1 aliphatic carbocycles. The van der Waals surface area contributed by atoms with Crippen molar-refractivity contribution in [3.8, 4) is 22.5 Å². The molecule has 0 N–H and O–H groups in total. The Morgan fingerprint density at radius 2 is 0.963 bits per heavy atom. The molecule has 0 aliphatic heterocycles. The second kappa shape index (κ2) is 11.2. The molecule has 0 spiro atoms. The van der Waals surface area contributed by atoms with Crippen molar-refractivity contribution in [3.63, 3.8) is 0 Å². The lowest BCUT2D eigenvalue weighted by Gasteiger charge is -2.42. The number of benzene rings is 8. The van der Waals surface area contributed by atoms with Gasteiger partial charge in [0.15, 0.2) is 0 Å². The molecule has 0 saturated carbocycles. The van der Waals surface area contributed by atoms with E-state index in [1.54, 1.807) is 0 Å². The molecule has 0 unspecified atom stereocenters. The molecule has 2 nitrogen and oxygen atoms in total. The SMILES string of the molecule is CC1(C)CCC(C)(C)c2cc3c(cc21)c1cc2c4c5ccccc5ccc4n(-c4ccccc4)c2cc1n3-c1ccc2cc(-c3ccccc3)ccc2c1. The third kappa shape index (κ3) is 4.53. The summed E-state index contributed by atoms with van der Waals surface area (Å²) in [4.78, 5) is 0. The van der Waals surface area contributed by atoms with Gasteiger partial charge in [-0.05, 0) is 128 Å². The first kappa shape index (κ1) is 31.4. The minimum atomic E-state index is 0.0985. The molecular formula is C52H42N2. The number of rotatable bonds is 3. The largest absolute Gasteiger partial charge is 0.309 e. The molecule has 0 radical (unpaired) electrons. The van der Waals surface area contributed by atoms with Gasteiger partial charge >= 0.3 is 0 Å². The molecule has 2 aromatic heterocycles. The summed E-state index contributed by atoms with van der Waals surface area (Å²) in [5, 5.41) is 10.3. The highest BCUT2D eigenvalue weighted by Crippen LogP contribution is 2.49. The molecule has 0 saturated heterocycles. The average molecular weight is 695 g/mol. The van der Waals surface area contributed by atoms with E-state index in [2.05, 4.69) is 195 Å². The highest BCUT2D eigenvalue weighted by molar-refractivity contribution is 6.25. The quantitative estimate of drug-likeness (QED) is 0.174. The van der Waals surface area contributed by atoms with Gasteiger partial charge < -0.3 is 9.13 Å². The maximum Gasteiger partial charge on any atom is 0.0562 e. The molecule has 1 aliphatic rings. The highest BCUT2D eigenvalue weighted by atomic mass is 15.0. The first-order valence-corrected chi connectivity index (χ1v) is 19.4. The molecular weight excluding hydrogens is 653 g/mol. The van der Waals surface area contributed by atoms with Crippen molar-refractivity contribution in [2.45, 2.75) is 51.4 Å². The van der Waals surface area contributed by atoms with Gasteiger partial charge in [0.1, 0.15) is 0 Å². The fraction of sp³-hybridized carbons (Fsp3) is 0.154. The van der Waals surface area contributed by atoms with Gasteiger partial charge in [0, 0.05) is 32.9 Å². The Hall–Kier alpha value is -6.12. The van der Waals surface area contributed by atoms with Gasteiger partial charge in [-0.1, -0.05) is 125 Å². The van der Waals surface area contributed by atoms with Crippen molar-refractivity contribution in [1.29, 1.82) is 0 Å². The van der Waals surface area contributed by atoms with Crippen LogP contribution in [0, 0.1) is 0 Å². The fourth-order valence-corrected chi connectivity index (χ4v) is 9.67. The number of para-hydroxylation sites is 1. The van der Waals surface area contributed by atoms with Crippen LogP contribution in [0.25, 0.3) is 87.7 Å². The van der Waals surface area contributed by atoms with Gasteiger partial charge in [0.25, 0.3) is 0 Å². The summed E-state index contributed by atoms with van der Waals surface area (Å²) in [6, 6.07) is 59.0. The average Bonchev–Trinajstić information content (AvgIpc) is 3.70. The second-order valence-electron chi connectivity index (χ2n) is 16.9. The van der Waals surface area contributed by atoms with Crippen LogP contribution in [-0.2, 0) is 10.8 Å². The number of hydrogen-bond acceptors (Lipinski definition) is 0. The van der Waals surface area contributed by atoms with Crippen LogP contribution in [-0.4, -0.2) is 9.13 Å². The molecule has 2 heteroatoms. The van der Waals surface area contributed by atoms with E-state index in [-0.39, 0.29) is 10.8 Å². The normalized spacial score (nSPS) is 15.2. The van der Waals surface area contributed by atoms with Crippen LogP contribution >= 0.6 is 0 Å². The van der Waals surface area contributed by atoms with Crippen LogP contribution in [0.4, 0.5) is 0 Å². The first-order chi connectivity index (χ1) is 26.2. The predicted molar refractivity (Wildman–Crippen MR) is 231 cm³/mol.